The first-order valence-electron chi connectivity index (χ1n) is 19.1. The van der Waals surface area contributed by atoms with Crippen molar-refractivity contribution in [3.63, 3.8) is 0 Å². The van der Waals surface area contributed by atoms with Crippen LogP contribution in [-0.2, 0) is 5.41 Å². The summed E-state index contributed by atoms with van der Waals surface area (Å²) in [7, 11) is 0. The van der Waals surface area contributed by atoms with Crippen LogP contribution in [0.4, 0.5) is 17.1 Å². The number of benzene rings is 9. The average molecular weight is 704 g/mol. The van der Waals surface area contributed by atoms with Crippen LogP contribution in [0.25, 0.3) is 76.9 Å². The lowest BCUT2D eigenvalue weighted by Gasteiger charge is -2.32. The molecule has 0 spiro atoms. The van der Waals surface area contributed by atoms with E-state index in [1.54, 1.807) is 0 Å². The van der Waals surface area contributed by atoms with Gasteiger partial charge in [0.1, 0.15) is 11.2 Å². The van der Waals surface area contributed by atoms with E-state index in [1.807, 2.05) is 0 Å². The van der Waals surface area contributed by atoms with E-state index in [1.165, 1.54) is 71.7 Å². The van der Waals surface area contributed by atoms with Crippen molar-refractivity contribution in [2.45, 2.75) is 19.3 Å². The van der Waals surface area contributed by atoms with Gasteiger partial charge in [0.15, 0.2) is 0 Å². The Bertz CT molecular complexity index is 3110. The summed E-state index contributed by atoms with van der Waals surface area (Å²) in [4.78, 5) is 2.43. The van der Waals surface area contributed by atoms with Crippen LogP contribution in [0.2, 0.25) is 0 Å². The predicted octanol–water partition coefficient (Wildman–Crippen LogP) is 15.0. The Morgan fingerprint density at radius 2 is 1.05 bits per heavy atom. The van der Waals surface area contributed by atoms with Gasteiger partial charge in [-0.3, -0.25) is 0 Å². The second kappa shape index (κ2) is 12.1. The van der Waals surface area contributed by atoms with E-state index in [2.05, 4.69) is 207 Å². The van der Waals surface area contributed by atoms with Crippen molar-refractivity contribution in [2.75, 3.05) is 4.90 Å². The molecule has 0 aliphatic heterocycles. The molecule has 260 valence electrons. The fourth-order valence-corrected chi connectivity index (χ4v) is 9.34. The molecule has 2 nitrogen and oxygen atoms in total. The zero-order valence-electron chi connectivity index (χ0n) is 30.8. The van der Waals surface area contributed by atoms with E-state index in [4.69, 9.17) is 4.42 Å². The van der Waals surface area contributed by atoms with Gasteiger partial charge in [0.2, 0.25) is 0 Å². The van der Waals surface area contributed by atoms with E-state index in [0.717, 1.165) is 33.3 Å². The van der Waals surface area contributed by atoms with Gasteiger partial charge in [-0.2, -0.15) is 0 Å². The molecule has 10 aromatic rings. The Hall–Kier alpha value is -6.90. The highest BCUT2D eigenvalue weighted by Crippen LogP contribution is 2.54. The van der Waals surface area contributed by atoms with Crippen LogP contribution in [0.15, 0.2) is 192 Å². The lowest BCUT2D eigenvalue weighted by atomic mass is 9.81. The molecule has 0 N–H and O–H groups in total. The molecule has 11 rings (SSSR count). The minimum Gasteiger partial charge on any atom is -0.456 e. The van der Waals surface area contributed by atoms with E-state index < -0.39 is 0 Å². The van der Waals surface area contributed by atoms with E-state index in [9.17, 15) is 0 Å². The van der Waals surface area contributed by atoms with Crippen molar-refractivity contribution in [3.8, 4) is 33.4 Å². The van der Waals surface area contributed by atoms with Crippen LogP contribution in [0.5, 0.6) is 0 Å². The average Bonchev–Trinajstić information content (AvgIpc) is 3.73. The van der Waals surface area contributed by atoms with Gasteiger partial charge in [-0.15, -0.1) is 0 Å². The summed E-state index contributed by atoms with van der Waals surface area (Å²) in [5.74, 6) is 0. The molecule has 0 atom stereocenters. The molecule has 0 amide bonds. The van der Waals surface area contributed by atoms with Crippen molar-refractivity contribution in [2.24, 2.45) is 0 Å². The van der Waals surface area contributed by atoms with Crippen molar-refractivity contribution < 1.29 is 4.42 Å². The Balaban J connectivity index is 1.11. The summed E-state index contributed by atoms with van der Waals surface area (Å²) in [5, 5.41) is 7.22. The first-order valence-corrected chi connectivity index (χ1v) is 19.1. The third kappa shape index (κ3) is 4.81. The Labute approximate surface area is 320 Å². The van der Waals surface area contributed by atoms with Gasteiger partial charge in [-0.05, 0) is 102 Å². The smallest absolute Gasteiger partial charge is 0.137 e. The van der Waals surface area contributed by atoms with Crippen LogP contribution in [0.1, 0.15) is 25.0 Å². The van der Waals surface area contributed by atoms with E-state index >= 15 is 0 Å². The second-order valence-corrected chi connectivity index (χ2v) is 15.3. The van der Waals surface area contributed by atoms with E-state index in [0.29, 0.717) is 0 Å². The van der Waals surface area contributed by atoms with Gasteiger partial charge in [0.05, 0.1) is 5.69 Å². The summed E-state index contributed by atoms with van der Waals surface area (Å²) < 4.78 is 6.65. The van der Waals surface area contributed by atoms with Crippen LogP contribution in [0, 0.1) is 0 Å². The van der Waals surface area contributed by atoms with Crippen molar-refractivity contribution in [1.82, 2.24) is 0 Å². The zero-order chi connectivity index (χ0) is 36.7. The molecule has 1 aliphatic rings. The number of hydrogen-bond acceptors (Lipinski definition) is 2. The molecule has 0 fully saturated rings. The second-order valence-electron chi connectivity index (χ2n) is 15.3. The van der Waals surface area contributed by atoms with E-state index in [-0.39, 0.29) is 5.41 Å². The fourth-order valence-electron chi connectivity index (χ4n) is 9.34. The molecule has 0 radical (unpaired) electrons. The highest BCUT2D eigenvalue weighted by atomic mass is 16.3. The lowest BCUT2D eigenvalue weighted by Crippen LogP contribution is -2.20. The molecule has 0 saturated carbocycles. The van der Waals surface area contributed by atoms with Gasteiger partial charge in [0, 0.05) is 33.6 Å². The molecular weight excluding hydrogens is 667 g/mol. The van der Waals surface area contributed by atoms with Crippen LogP contribution >= 0.6 is 0 Å². The first-order chi connectivity index (χ1) is 27.0. The number of anilines is 3. The van der Waals surface area contributed by atoms with Crippen molar-refractivity contribution in [3.05, 3.63) is 199 Å². The number of nitrogens with zero attached hydrogens (tertiary/aromatic N) is 1. The Kier molecular flexibility index (Phi) is 6.93. The van der Waals surface area contributed by atoms with Gasteiger partial charge in [-0.25, -0.2) is 0 Å². The highest BCUT2D eigenvalue weighted by Gasteiger charge is 2.38. The quantitative estimate of drug-likeness (QED) is 0.177. The van der Waals surface area contributed by atoms with Gasteiger partial charge >= 0.3 is 0 Å². The molecule has 0 saturated heterocycles. The van der Waals surface area contributed by atoms with Crippen molar-refractivity contribution >= 4 is 60.5 Å². The molecule has 0 bridgehead atoms. The lowest BCUT2D eigenvalue weighted by molar-refractivity contribution is 0.660. The zero-order valence-corrected chi connectivity index (χ0v) is 30.8. The van der Waals surface area contributed by atoms with Gasteiger partial charge in [-0.1, -0.05) is 159 Å². The van der Waals surface area contributed by atoms with Gasteiger partial charge in [0.25, 0.3) is 0 Å². The summed E-state index contributed by atoms with van der Waals surface area (Å²) >= 11 is 0. The SMILES string of the molecule is CC1(C)c2ccccc2-c2cccc(N(c3ccc(-c4cccc5cccc(-c6ccccc6)c45)cc3)c3ccc4c(c3)oc3ccc5ccccc5c34)c21. The number of hydrogen-bond donors (Lipinski definition) is 0. The van der Waals surface area contributed by atoms with Crippen LogP contribution in [-0.4, -0.2) is 0 Å². The predicted molar refractivity (Wildman–Crippen MR) is 232 cm³/mol. The minimum absolute atomic E-state index is 0.195. The maximum Gasteiger partial charge on any atom is 0.137 e. The molecule has 0 unspecified atom stereocenters. The highest BCUT2D eigenvalue weighted by molar-refractivity contribution is 6.19. The molecule has 1 aromatic heterocycles. The van der Waals surface area contributed by atoms with Crippen LogP contribution in [0.3, 0.4) is 0 Å². The normalized spacial score (nSPS) is 13.1. The number of fused-ring (bicyclic) bond motifs is 9. The van der Waals surface area contributed by atoms with Crippen molar-refractivity contribution in [1.29, 1.82) is 0 Å². The maximum absolute atomic E-state index is 6.65. The summed E-state index contributed by atoms with van der Waals surface area (Å²) in [5.41, 5.74) is 15.1. The summed E-state index contributed by atoms with van der Waals surface area (Å²) in [6.07, 6.45) is 0. The fraction of sp³-hybridized carbons (Fsp3) is 0.0566. The molecule has 1 heterocycles. The molecule has 55 heavy (non-hydrogen) atoms. The van der Waals surface area contributed by atoms with Crippen LogP contribution < -0.4 is 4.90 Å². The molecule has 9 aromatic carbocycles. The summed E-state index contributed by atoms with van der Waals surface area (Å²) in [6.45, 7) is 4.72. The minimum atomic E-state index is -0.195. The first kappa shape index (κ1) is 31.6. The molecular formula is C53H37NO. The number of furan rings is 1. The third-order valence-corrected chi connectivity index (χ3v) is 11.8. The number of rotatable bonds is 5. The molecule has 2 heteroatoms. The summed E-state index contributed by atoms with van der Waals surface area (Å²) in [6, 6.07) is 68.3. The largest absolute Gasteiger partial charge is 0.456 e. The third-order valence-electron chi connectivity index (χ3n) is 11.8. The Morgan fingerprint density at radius 3 is 1.87 bits per heavy atom. The maximum atomic E-state index is 6.65. The molecule has 1 aliphatic carbocycles. The van der Waals surface area contributed by atoms with Gasteiger partial charge < -0.3 is 9.32 Å². The Morgan fingerprint density at radius 1 is 0.418 bits per heavy atom. The topological polar surface area (TPSA) is 16.4 Å². The monoisotopic (exact) mass is 703 g/mol. The standard InChI is InChI=1S/C53H37NO/c1-53(2)46-23-9-8-19-43(46)44-22-12-24-47(52(44)53)54(39-30-31-45-49(33-39)55-48-32-27-35-15-6-7-18-42(35)51(45)48)38-28-25-36(26-29-38)41-21-11-17-37-16-10-20-40(50(37)41)34-13-4-3-5-14-34/h3-33H,1-2H3.